The zero-order valence-electron chi connectivity index (χ0n) is 11.9. The number of nitro benzene ring substituents is 1. The Hall–Kier alpha value is -1.92. The van der Waals surface area contributed by atoms with Crippen LogP contribution in [0.2, 0.25) is 0 Å². The van der Waals surface area contributed by atoms with Gasteiger partial charge in [0.05, 0.1) is 18.1 Å². The zero-order chi connectivity index (χ0) is 15.1. The lowest BCUT2D eigenvalue weighted by Gasteiger charge is -2.08. The van der Waals surface area contributed by atoms with E-state index < -0.39 is 0 Å². The molecule has 0 fully saturated rings. The van der Waals surface area contributed by atoms with Gasteiger partial charge in [0.25, 0.3) is 5.69 Å². The van der Waals surface area contributed by atoms with Gasteiger partial charge >= 0.3 is 0 Å². The Balaban J connectivity index is 1.90. The molecule has 0 aliphatic heterocycles. The van der Waals surface area contributed by atoms with E-state index in [1.165, 1.54) is 10.9 Å². The Kier molecular flexibility index (Phi) is 5.71. The van der Waals surface area contributed by atoms with Gasteiger partial charge in [0.15, 0.2) is 0 Å². The molecule has 0 amide bonds. The van der Waals surface area contributed by atoms with E-state index in [-0.39, 0.29) is 10.6 Å². The molecule has 0 saturated heterocycles. The van der Waals surface area contributed by atoms with Crippen LogP contribution in [0.3, 0.4) is 0 Å². The number of ether oxygens (including phenoxy) is 1. The first-order chi connectivity index (χ1) is 10.2. The maximum atomic E-state index is 10.9. The summed E-state index contributed by atoms with van der Waals surface area (Å²) in [7, 11) is 0. The molecule has 0 unspecified atom stereocenters. The Morgan fingerprint density at radius 2 is 2.24 bits per heavy atom. The second-order valence-corrected chi connectivity index (χ2v) is 5.55. The molecule has 0 saturated carbocycles. The van der Waals surface area contributed by atoms with Crippen molar-refractivity contribution in [3.05, 3.63) is 56.3 Å². The van der Waals surface area contributed by atoms with E-state index in [9.17, 15) is 10.1 Å². The summed E-state index contributed by atoms with van der Waals surface area (Å²) in [6.07, 6.45) is 0.894. The largest absolute Gasteiger partial charge is 0.380 e. The van der Waals surface area contributed by atoms with Crippen LogP contribution in [0.25, 0.3) is 0 Å². The number of nitrogens with one attached hydrogen (secondary N) is 1. The molecule has 1 heterocycles. The topological polar surface area (TPSA) is 64.4 Å². The maximum absolute atomic E-state index is 10.9. The highest BCUT2D eigenvalue weighted by Gasteiger charge is 2.13. The summed E-state index contributed by atoms with van der Waals surface area (Å²) >= 11 is 1.72. The summed E-state index contributed by atoms with van der Waals surface area (Å²) in [6, 6.07) is 9.16. The first-order valence-electron chi connectivity index (χ1n) is 6.82. The van der Waals surface area contributed by atoms with Crippen molar-refractivity contribution < 1.29 is 9.66 Å². The molecule has 112 valence electrons. The van der Waals surface area contributed by atoms with Gasteiger partial charge in [-0.1, -0.05) is 6.07 Å². The first kappa shape index (κ1) is 15.5. The molecule has 1 aromatic heterocycles. The Bertz CT molecular complexity index is 585. The van der Waals surface area contributed by atoms with Crippen LogP contribution in [-0.2, 0) is 17.8 Å². The van der Waals surface area contributed by atoms with Crippen molar-refractivity contribution in [2.45, 2.75) is 20.0 Å². The smallest absolute Gasteiger partial charge is 0.292 e. The van der Waals surface area contributed by atoms with Gasteiger partial charge in [0, 0.05) is 23.9 Å². The van der Waals surface area contributed by atoms with Crippen molar-refractivity contribution in [3.63, 3.8) is 0 Å². The minimum absolute atomic E-state index is 0.0965. The van der Waals surface area contributed by atoms with E-state index in [1.807, 2.05) is 18.4 Å². The Morgan fingerprint density at radius 1 is 1.38 bits per heavy atom. The first-order valence-corrected chi connectivity index (χ1v) is 7.70. The van der Waals surface area contributed by atoms with Crippen LogP contribution in [0.5, 0.6) is 0 Å². The number of hydrogen-bond donors (Lipinski definition) is 1. The summed E-state index contributed by atoms with van der Waals surface area (Å²) in [4.78, 5) is 11.9. The molecule has 0 radical (unpaired) electrons. The van der Waals surface area contributed by atoms with E-state index in [4.69, 9.17) is 4.74 Å². The molecule has 0 bridgehead atoms. The summed E-state index contributed by atoms with van der Waals surface area (Å²) in [6.45, 7) is 3.66. The van der Waals surface area contributed by atoms with Gasteiger partial charge in [-0.3, -0.25) is 10.1 Å². The lowest BCUT2D eigenvalue weighted by atomic mass is 10.2. The fraction of sp³-hybridized carbons (Fsp3) is 0.333. The summed E-state index contributed by atoms with van der Waals surface area (Å²) < 4.78 is 5.64. The SMILES string of the molecule is CCNc1cc(COCCc2cccs2)ccc1[N+](=O)[O-]. The molecular weight excluding hydrogens is 288 g/mol. The normalized spacial score (nSPS) is 10.5. The summed E-state index contributed by atoms with van der Waals surface area (Å²) in [5.74, 6) is 0. The zero-order valence-corrected chi connectivity index (χ0v) is 12.7. The van der Waals surface area contributed by atoms with Gasteiger partial charge in [-0.15, -0.1) is 11.3 Å². The number of nitro groups is 1. The van der Waals surface area contributed by atoms with E-state index in [2.05, 4.69) is 11.4 Å². The fourth-order valence-corrected chi connectivity index (χ4v) is 2.67. The molecule has 0 aliphatic carbocycles. The highest BCUT2D eigenvalue weighted by Crippen LogP contribution is 2.25. The van der Waals surface area contributed by atoms with Crippen molar-refractivity contribution in [3.8, 4) is 0 Å². The van der Waals surface area contributed by atoms with Crippen molar-refractivity contribution >= 4 is 22.7 Å². The third-order valence-corrected chi connectivity index (χ3v) is 3.90. The molecule has 0 aliphatic rings. The van der Waals surface area contributed by atoms with E-state index in [1.54, 1.807) is 23.5 Å². The van der Waals surface area contributed by atoms with Crippen molar-refractivity contribution in [2.75, 3.05) is 18.5 Å². The van der Waals surface area contributed by atoms with Gasteiger partial charge < -0.3 is 10.1 Å². The predicted molar refractivity (Wildman–Crippen MR) is 84.9 cm³/mol. The van der Waals surface area contributed by atoms with Crippen LogP contribution in [0.4, 0.5) is 11.4 Å². The third kappa shape index (κ3) is 4.54. The monoisotopic (exact) mass is 306 g/mol. The minimum atomic E-state index is -0.376. The van der Waals surface area contributed by atoms with Crippen LogP contribution in [0, 0.1) is 10.1 Å². The van der Waals surface area contributed by atoms with Crippen LogP contribution in [-0.4, -0.2) is 18.1 Å². The van der Waals surface area contributed by atoms with Crippen molar-refractivity contribution in [1.82, 2.24) is 0 Å². The maximum Gasteiger partial charge on any atom is 0.292 e. The molecule has 1 aromatic carbocycles. The quantitative estimate of drug-likeness (QED) is 0.457. The van der Waals surface area contributed by atoms with Crippen LogP contribution in [0.15, 0.2) is 35.7 Å². The lowest BCUT2D eigenvalue weighted by Crippen LogP contribution is -2.03. The average Bonchev–Trinajstić information content (AvgIpc) is 2.97. The highest BCUT2D eigenvalue weighted by molar-refractivity contribution is 7.09. The summed E-state index contributed by atoms with van der Waals surface area (Å²) in [5, 5.41) is 16.0. The van der Waals surface area contributed by atoms with Gasteiger partial charge in [-0.2, -0.15) is 0 Å². The summed E-state index contributed by atoms with van der Waals surface area (Å²) in [5.41, 5.74) is 1.57. The predicted octanol–water partition coefficient (Wildman–Crippen LogP) is 3.85. The second kappa shape index (κ2) is 7.75. The molecule has 6 heteroatoms. The molecular formula is C15H18N2O3S. The second-order valence-electron chi connectivity index (χ2n) is 4.52. The van der Waals surface area contributed by atoms with E-state index >= 15 is 0 Å². The molecule has 1 N–H and O–H groups in total. The number of nitrogens with zero attached hydrogens (tertiary/aromatic N) is 1. The Morgan fingerprint density at radius 3 is 2.90 bits per heavy atom. The van der Waals surface area contributed by atoms with Crippen molar-refractivity contribution in [2.24, 2.45) is 0 Å². The van der Waals surface area contributed by atoms with Crippen LogP contribution >= 0.6 is 11.3 Å². The van der Waals surface area contributed by atoms with Gasteiger partial charge in [-0.05, 0) is 36.1 Å². The number of benzene rings is 1. The third-order valence-electron chi connectivity index (χ3n) is 2.97. The van der Waals surface area contributed by atoms with Crippen LogP contribution < -0.4 is 5.32 Å². The molecule has 2 aromatic rings. The van der Waals surface area contributed by atoms with Gasteiger partial charge in [0.2, 0.25) is 0 Å². The number of thiophene rings is 1. The average molecular weight is 306 g/mol. The van der Waals surface area contributed by atoms with E-state index in [0.717, 1.165) is 12.0 Å². The van der Waals surface area contributed by atoms with Crippen molar-refractivity contribution in [1.29, 1.82) is 0 Å². The van der Waals surface area contributed by atoms with Gasteiger partial charge in [-0.25, -0.2) is 0 Å². The standard InChI is InChI=1S/C15H18N2O3S/c1-2-16-14-10-12(5-6-15(14)17(18)19)11-20-8-7-13-4-3-9-21-13/h3-6,9-10,16H,2,7-8,11H2,1H3. The highest BCUT2D eigenvalue weighted by atomic mass is 32.1. The van der Waals surface area contributed by atoms with Crippen LogP contribution in [0.1, 0.15) is 17.4 Å². The number of hydrogen-bond acceptors (Lipinski definition) is 5. The molecule has 21 heavy (non-hydrogen) atoms. The Labute approximate surface area is 127 Å². The van der Waals surface area contributed by atoms with Gasteiger partial charge in [0.1, 0.15) is 5.69 Å². The fourth-order valence-electron chi connectivity index (χ4n) is 1.98. The lowest BCUT2D eigenvalue weighted by molar-refractivity contribution is -0.384. The number of rotatable bonds is 8. The van der Waals surface area contributed by atoms with E-state index in [0.29, 0.717) is 25.4 Å². The molecule has 5 nitrogen and oxygen atoms in total. The molecule has 2 rings (SSSR count). The number of anilines is 1. The molecule has 0 atom stereocenters. The molecule has 0 spiro atoms. The minimum Gasteiger partial charge on any atom is -0.380 e.